The van der Waals surface area contributed by atoms with Crippen molar-refractivity contribution in [1.82, 2.24) is 10.6 Å². The van der Waals surface area contributed by atoms with Crippen molar-refractivity contribution in [3.8, 4) is 0 Å². The molecule has 2 fully saturated rings. The first-order chi connectivity index (χ1) is 8.16. The number of carbonyl (C=O) groups is 1. The van der Waals surface area contributed by atoms with Gasteiger partial charge in [0.05, 0.1) is 5.41 Å². The zero-order chi connectivity index (χ0) is 12.3. The average molecular weight is 238 g/mol. The van der Waals surface area contributed by atoms with E-state index in [0.717, 1.165) is 44.3 Å². The highest BCUT2D eigenvalue weighted by Gasteiger charge is 2.39. The third-order valence-electron chi connectivity index (χ3n) is 4.76. The molecule has 2 rings (SSSR count). The van der Waals surface area contributed by atoms with Crippen molar-refractivity contribution in [2.24, 2.45) is 17.3 Å². The Bertz CT molecular complexity index is 271. The minimum absolute atomic E-state index is 0.121. The first-order valence-electron chi connectivity index (χ1n) is 7.15. The molecule has 2 aliphatic rings. The van der Waals surface area contributed by atoms with Gasteiger partial charge in [0.1, 0.15) is 0 Å². The van der Waals surface area contributed by atoms with Gasteiger partial charge in [-0.3, -0.25) is 4.79 Å². The Morgan fingerprint density at radius 1 is 1.47 bits per heavy atom. The fraction of sp³-hybridized carbons (Fsp3) is 0.929. The van der Waals surface area contributed by atoms with Crippen LogP contribution in [-0.2, 0) is 4.79 Å². The van der Waals surface area contributed by atoms with Crippen LogP contribution in [0.1, 0.15) is 46.0 Å². The molecule has 1 aliphatic heterocycles. The number of rotatable bonds is 4. The molecule has 3 unspecified atom stereocenters. The lowest BCUT2D eigenvalue weighted by Gasteiger charge is -2.26. The predicted octanol–water partition coefficient (Wildman–Crippen LogP) is 1.93. The number of amides is 1. The molecule has 3 heteroatoms. The fourth-order valence-corrected chi connectivity index (χ4v) is 3.33. The number of carbonyl (C=O) groups excluding carboxylic acids is 1. The molecular formula is C14H26N2O. The van der Waals surface area contributed by atoms with Crippen molar-refractivity contribution in [1.29, 1.82) is 0 Å². The van der Waals surface area contributed by atoms with Crippen LogP contribution in [0.2, 0.25) is 0 Å². The summed E-state index contributed by atoms with van der Waals surface area (Å²) < 4.78 is 0. The van der Waals surface area contributed by atoms with E-state index in [9.17, 15) is 4.79 Å². The van der Waals surface area contributed by atoms with Crippen LogP contribution < -0.4 is 10.6 Å². The Kier molecular flexibility index (Phi) is 4.08. The molecule has 3 atom stereocenters. The number of hydrogen-bond acceptors (Lipinski definition) is 2. The second-order valence-electron chi connectivity index (χ2n) is 6.05. The van der Waals surface area contributed by atoms with E-state index in [1.807, 2.05) is 0 Å². The second-order valence-corrected chi connectivity index (χ2v) is 6.05. The Morgan fingerprint density at radius 2 is 2.29 bits per heavy atom. The summed E-state index contributed by atoms with van der Waals surface area (Å²) in [6.45, 7) is 7.18. The van der Waals surface area contributed by atoms with Crippen molar-refractivity contribution in [3.63, 3.8) is 0 Å². The van der Waals surface area contributed by atoms with Crippen LogP contribution in [0.3, 0.4) is 0 Å². The van der Waals surface area contributed by atoms with Crippen LogP contribution in [0.5, 0.6) is 0 Å². The normalized spacial score (nSPS) is 37.3. The molecule has 0 aromatic rings. The molecule has 0 aromatic heterocycles. The van der Waals surface area contributed by atoms with Gasteiger partial charge in [-0.1, -0.05) is 20.3 Å². The van der Waals surface area contributed by atoms with Gasteiger partial charge in [0, 0.05) is 13.1 Å². The van der Waals surface area contributed by atoms with Crippen LogP contribution in [0.25, 0.3) is 0 Å². The molecular weight excluding hydrogens is 212 g/mol. The number of nitrogens with one attached hydrogen (secondary N) is 2. The highest BCUT2D eigenvalue weighted by Crippen LogP contribution is 2.32. The largest absolute Gasteiger partial charge is 0.355 e. The molecule has 1 heterocycles. The standard InChI is InChI=1S/C14H26N2O/c1-3-14(6-7-15-10-14)13(17)16-9-12-5-4-11(2)8-12/h11-12,15H,3-10H2,1-2H3,(H,16,17). The van der Waals surface area contributed by atoms with Gasteiger partial charge in [-0.05, 0) is 44.1 Å². The topological polar surface area (TPSA) is 41.1 Å². The van der Waals surface area contributed by atoms with E-state index in [0.29, 0.717) is 0 Å². The first kappa shape index (κ1) is 12.9. The van der Waals surface area contributed by atoms with Gasteiger partial charge in [-0.15, -0.1) is 0 Å². The molecule has 0 radical (unpaired) electrons. The van der Waals surface area contributed by atoms with E-state index in [1.165, 1.54) is 19.3 Å². The van der Waals surface area contributed by atoms with E-state index >= 15 is 0 Å². The van der Waals surface area contributed by atoms with Gasteiger partial charge in [-0.2, -0.15) is 0 Å². The maximum atomic E-state index is 12.3. The molecule has 1 saturated carbocycles. The average Bonchev–Trinajstić information content (AvgIpc) is 2.95. The van der Waals surface area contributed by atoms with E-state index in [4.69, 9.17) is 0 Å². The Balaban J connectivity index is 1.80. The number of hydrogen-bond donors (Lipinski definition) is 2. The molecule has 1 aliphatic carbocycles. The fourth-order valence-electron chi connectivity index (χ4n) is 3.33. The van der Waals surface area contributed by atoms with Crippen molar-refractivity contribution >= 4 is 5.91 Å². The van der Waals surface area contributed by atoms with Crippen molar-refractivity contribution in [2.45, 2.75) is 46.0 Å². The van der Waals surface area contributed by atoms with Gasteiger partial charge in [-0.25, -0.2) is 0 Å². The van der Waals surface area contributed by atoms with Crippen LogP contribution in [0.4, 0.5) is 0 Å². The van der Waals surface area contributed by atoms with Crippen molar-refractivity contribution in [3.05, 3.63) is 0 Å². The van der Waals surface area contributed by atoms with E-state index in [2.05, 4.69) is 24.5 Å². The van der Waals surface area contributed by atoms with Gasteiger partial charge >= 0.3 is 0 Å². The van der Waals surface area contributed by atoms with Crippen molar-refractivity contribution in [2.75, 3.05) is 19.6 Å². The molecule has 2 N–H and O–H groups in total. The summed E-state index contributed by atoms with van der Waals surface area (Å²) in [5.74, 6) is 1.85. The van der Waals surface area contributed by atoms with Gasteiger partial charge in [0.25, 0.3) is 0 Å². The lowest BCUT2D eigenvalue weighted by atomic mass is 9.83. The summed E-state index contributed by atoms with van der Waals surface area (Å²) in [6, 6.07) is 0. The highest BCUT2D eigenvalue weighted by atomic mass is 16.2. The summed E-state index contributed by atoms with van der Waals surface area (Å²) in [5.41, 5.74) is -0.121. The maximum absolute atomic E-state index is 12.3. The minimum Gasteiger partial charge on any atom is -0.355 e. The smallest absolute Gasteiger partial charge is 0.227 e. The molecule has 17 heavy (non-hydrogen) atoms. The molecule has 1 amide bonds. The second kappa shape index (κ2) is 5.38. The Hall–Kier alpha value is -0.570. The van der Waals surface area contributed by atoms with Crippen LogP contribution >= 0.6 is 0 Å². The van der Waals surface area contributed by atoms with Crippen molar-refractivity contribution < 1.29 is 4.79 Å². The van der Waals surface area contributed by atoms with E-state index in [1.54, 1.807) is 0 Å². The van der Waals surface area contributed by atoms with Crippen LogP contribution in [0.15, 0.2) is 0 Å². The van der Waals surface area contributed by atoms with E-state index < -0.39 is 0 Å². The molecule has 0 spiro atoms. The SMILES string of the molecule is CCC1(C(=O)NCC2CCC(C)C2)CCNC1. The van der Waals surface area contributed by atoms with Gasteiger partial charge < -0.3 is 10.6 Å². The molecule has 0 bridgehead atoms. The molecule has 1 saturated heterocycles. The van der Waals surface area contributed by atoms with Gasteiger partial charge in [0.15, 0.2) is 0 Å². The Labute approximate surface area is 105 Å². The molecule has 3 nitrogen and oxygen atoms in total. The maximum Gasteiger partial charge on any atom is 0.227 e. The van der Waals surface area contributed by atoms with Crippen LogP contribution in [0, 0.1) is 17.3 Å². The van der Waals surface area contributed by atoms with Crippen LogP contribution in [-0.4, -0.2) is 25.5 Å². The first-order valence-corrected chi connectivity index (χ1v) is 7.15. The highest BCUT2D eigenvalue weighted by molar-refractivity contribution is 5.83. The zero-order valence-electron chi connectivity index (χ0n) is 11.2. The summed E-state index contributed by atoms with van der Waals surface area (Å²) in [4.78, 5) is 12.3. The molecule has 0 aromatic carbocycles. The minimum atomic E-state index is -0.121. The molecule has 98 valence electrons. The third kappa shape index (κ3) is 2.82. The Morgan fingerprint density at radius 3 is 2.82 bits per heavy atom. The lowest BCUT2D eigenvalue weighted by molar-refractivity contribution is -0.130. The van der Waals surface area contributed by atoms with E-state index in [-0.39, 0.29) is 11.3 Å². The zero-order valence-corrected chi connectivity index (χ0v) is 11.2. The summed E-state index contributed by atoms with van der Waals surface area (Å²) in [5, 5.41) is 6.52. The summed E-state index contributed by atoms with van der Waals surface area (Å²) in [6.07, 6.45) is 5.86. The lowest BCUT2D eigenvalue weighted by Crippen LogP contribution is -2.43. The summed E-state index contributed by atoms with van der Waals surface area (Å²) in [7, 11) is 0. The summed E-state index contributed by atoms with van der Waals surface area (Å²) >= 11 is 0. The monoisotopic (exact) mass is 238 g/mol. The van der Waals surface area contributed by atoms with Gasteiger partial charge in [0.2, 0.25) is 5.91 Å². The predicted molar refractivity (Wildman–Crippen MR) is 69.7 cm³/mol. The third-order valence-corrected chi connectivity index (χ3v) is 4.76. The quantitative estimate of drug-likeness (QED) is 0.786.